The number of amidine groups is 1. The fourth-order valence-electron chi connectivity index (χ4n) is 4.09. The van der Waals surface area contributed by atoms with Gasteiger partial charge in [-0.1, -0.05) is 36.0 Å². The molecule has 10 nitrogen and oxygen atoms in total. The van der Waals surface area contributed by atoms with Gasteiger partial charge >= 0.3 is 12.4 Å². The number of urea groups is 1. The number of aryl methyl sites for hydroxylation is 1. The SMILES string of the molecule is COc1ccc(N2CCSC2=NC(=O)N/N=C/c2ccc(-c3ncn(-c4ccc(OC(F)(F)F)cc4)n3)cc2)c(C)c1. The van der Waals surface area contributed by atoms with Crippen molar-refractivity contribution in [1.82, 2.24) is 20.2 Å². The molecule has 0 bridgehead atoms. The highest BCUT2D eigenvalue weighted by molar-refractivity contribution is 8.14. The van der Waals surface area contributed by atoms with Crippen LogP contribution in [-0.2, 0) is 0 Å². The quantitative estimate of drug-likeness (QED) is 0.213. The molecule has 1 aromatic heterocycles. The number of hydrazone groups is 1. The maximum absolute atomic E-state index is 12.4. The third kappa shape index (κ3) is 7.07. The maximum Gasteiger partial charge on any atom is 0.573 e. The van der Waals surface area contributed by atoms with Crippen molar-refractivity contribution in [2.24, 2.45) is 10.1 Å². The summed E-state index contributed by atoms with van der Waals surface area (Å²) in [5.41, 5.74) is 6.36. The van der Waals surface area contributed by atoms with Gasteiger partial charge in [-0.15, -0.1) is 18.3 Å². The lowest BCUT2D eigenvalue weighted by Gasteiger charge is -2.20. The van der Waals surface area contributed by atoms with Gasteiger partial charge in [0.15, 0.2) is 11.0 Å². The van der Waals surface area contributed by atoms with Crippen LogP contribution in [0.3, 0.4) is 0 Å². The summed E-state index contributed by atoms with van der Waals surface area (Å²) in [5, 5.41) is 8.99. The number of halogens is 3. The van der Waals surface area contributed by atoms with Crippen LogP contribution < -0.4 is 19.8 Å². The molecule has 1 aliphatic heterocycles. The molecular formula is C28H24F3N7O3S. The van der Waals surface area contributed by atoms with Gasteiger partial charge in [0.2, 0.25) is 0 Å². The Labute approximate surface area is 242 Å². The number of anilines is 1. The fraction of sp³-hybridized carbons (Fsp3) is 0.179. The average molecular weight is 596 g/mol. The van der Waals surface area contributed by atoms with E-state index in [2.05, 4.69) is 30.3 Å². The normalized spacial score (nSPS) is 14.5. The van der Waals surface area contributed by atoms with Gasteiger partial charge in [0.05, 0.1) is 19.0 Å². The van der Waals surface area contributed by atoms with Crippen molar-refractivity contribution in [3.63, 3.8) is 0 Å². The Morgan fingerprint density at radius 2 is 1.81 bits per heavy atom. The number of hydrogen-bond donors (Lipinski definition) is 1. The molecule has 2 amide bonds. The van der Waals surface area contributed by atoms with E-state index >= 15 is 0 Å². The van der Waals surface area contributed by atoms with Gasteiger partial charge < -0.3 is 14.4 Å². The average Bonchev–Trinajstić information content (AvgIpc) is 3.63. The lowest BCUT2D eigenvalue weighted by Crippen LogP contribution is -2.26. The molecular weight excluding hydrogens is 571 g/mol. The van der Waals surface area contributed by atoms with E-state index in [9.17, 15) is 18.0 Å². The molecule has 2 heterocycles. The number of rotatable bonds is 7. The van der Waals surface area contributed by atoms with Gasteiger partial charge in [-0.05, 0) is 60.5 Å². The smallest absolute Gasteiger partial charge is 0.497 e. The molecule has 0 unspecified atom stereocenters. The van der Waals surface area contributed by atoms with E-state index in [0.717, 1.165) is 34.9 Å². The molecule has 1 N–H and O–H groups in total. The third-order valence-corrected chi connectivity index (χ3v) is 6.99. The van der Waals surface area contributed by atoms with Crippen LogP contribution in [-0.4, -0.2) is 57.9 Å². The number of hydrogen-bond acceptors (Lipinski definition) is 7. The van der Waals surface area contributed by atoms with E-state index in [1.807, 2.05) is 30.0 Å². The summed E-state index contributed by atoms with van der Waals surface area (Å²) < 4.78 is 47.7. The summed E-state index contributed by atoms with van der Waals surface area (Å²) in [7, 11) is 1.62. The molecule has 5 rings (SSSR count). The Hall–Kier alpha value is -4.85. The van der Waals surface area contributed by atoms with Crippen LogP contribution in [0.25, 0.3) is 17.1 Å². The van der Waals surface area contributed by atoms with E-state index in [-0.39, 0.29) is 5.75 Å². The van der Waals surface area contributed by atoms with E-state index in [4.69, 9.17) is 4.74 Å². The monoisotopic (exact) mass is 595 g/mol. The summed E-state index contributed by atoms with van der Waals surface area (Å²) in [4.78, 5) is 22.9. The lowest BCUT2D eigenvalue weighted by molar-refractivity contribution is -0.274. The van der Waals surface area contributed by atoms with Crippen molar-refractivity contribution in [1.29, 1.82) is 0 Å². The van der Waals surface area contributed by atoms with E-state index < -0.39 is 12.4 Å². The second-order valence-electron chi connectivity index (χ2n) is 8.90. The summed E-state index contributed by atoms with van der Waals surface area (Å²) >= 11 is 1.50. The van der Waals surface area contributed by atoms with Crippen LogP contribution in [0.4, 0.5) is 23.7 Å². The molecule has 1 saturated heterocycles. The van der Waals surface area contributed by atoms with E-state index in [0.29, 0.717) is 22.2 Å². The first kappa shape index (κ1) is 28.7. The standard InChI is InChI=1S/C28H24F3N7O3S/c1-18-15-23(40-2)11-12-24(18)37-13-14-42-27(37)34-26(39)35-33-16-19-3-5-20(6-4-19)25-32-17-38(36-25)21-7-9-22(10-8-21)41-28(29,30)31/h3-12,15-17H,13-14H2,1-2H3,(H,35,39)/b33-16+,34-27?. The number of aromatic nitrogens is 3. The number of alkyl halides is 3. The third-order valence-electron chi connectivity index (χ3n) is 6.04. The number of amides is 2. The predicted octanol–water partition coefficient (Wildman–Crippen LogP) is 5.80. The zero-order valence-electron chi connectivity index (χ0n) is 22.4. The van der Waals surface area contributed by atoms with Crippen molar-refractivity contribution in [3.05, 3.63) is 84.2 Å². The molecule has 216 valence electrons. The first-order chi connectivity index (χ1) is 20.2. The Bertz CT molecular complexity index is 1620. The highest BCUT2D eigenvalue weighted by Crippen LogP contribution is 2.31. The number of aliphatic imine (C=N–C) groups is 1. The van der Waals surface area contributed by atoms with Gasteiger partial charge in [0.1, 0.15) is 17.8 Å². The number of methoxy groups -OCH3 is 1. The van der Waals surface area contributed by atoms with Gasteiger partial charge in [-0.3, -0.25) is 0 Å². The van der Waals surface area contributed by atoms with Gasteiger partial charge in [0.25, 0.3) is 0 Å². The maximum atomic E-state index is 12.4. The molecule has 0 radical (unpaired) electrons. The minimum Gasteiger partial charge on any atom is -0.497 e. The van der Waals surface area contributed by atoms with Crippen LogP contribution >= 0.6 is 11.8 Å². The highest BCUT2D eigenvalue weighted by atomic mass is 32.2. The summed E-state index contributed by atoms with van der Waals surface area (Å²) in [6, 6.07) is 17.6. The molecule has 0 aliphatic carbocycles. The minimum atomic E-state index is -4.76. The zero-order chi connectivity index (χ0) is 29.7. The van der Waals surface area contributed by atoms with Crippen molar-refractivity contribution >= 4 is 34.9 Å². The molecule has 0 spiro atoms. The number of benzene rings is 3. The molecule has 42 heavy (non-hydrogen) atoms. The van der Waals surface area contributed by atoms with Crippen LogP contribution in [0.15, 0.2) is 83.2 Å². The number of nitrogens with one attached hydrogen (secondary N) is 1. The molecule has 1 aliphatic rings. The number of ether oxygens (including phenoxy) is 2. The Kier molecular flexibility index (Phi) is 8.43. The summed E-state index contributed by atoms with van der Waals surface area (Å²) in [6.45, 7) is 2.71. The molecule has 0 atom stereocenters. The van der Waals surface area contributed by atoms with Crippen molar-refractivity contribution in [2.45, 2.75) is 13.3 Å². The van der Waals surface area contributed by atoms with Gasteiger partial charge in [-0.25, -0.2) is 19.9 Å². The fourth-order valence-corrected chi connectivity index (χ4v) is 5.04. The Morgan fingerprint density at radius 1 is 1.07 bits per heavy atom. The molecule has 0 saturated carbocycles. The predicted molar refractivity (Wildman–Crippen MR) is 155 cm³/mol. The van der Waals surface area contributed by atoms with E-state index in [1.165, 1.54) is 53.3 Å². The summed E-state index contributed by atoms with van der Waals surface area (Å²) in [5.74, 6) is 1.67. The van der Waals surface area contributed by atoms with Crippen molar-refractivity contribution < 1.29 is 27.4 Å². The Balaban J connectivity index is 1.18. The van der Waals surface area contributed by atoms with Crippen molar-refractivity contribution in [3.8, 4) is 28.6 Å². The molecule has 1 fully saturated rings. The van der Waals surface area contributed by atoms with Crippen LogP contribution in [0.1, 0.15) is 11.1 Å². The topological polar surface area (TPSA) is 106 Å². The number of carbonyl (C=O) groups excluding carboxylic acids is 1. The number of carbonyl (C=O) groups is 1. The minimum absolute atomic E-state index is 0.324. The first-order valence-electron chi connectivity index (χ1n) is 12.5. The van der Waals surface area contributed by atoms with Crippen molar-refractivity contribution in [2.75, 3.05) is 24.3 Å². The van der Waals surface area contributed by atoms with E-state index in [1.54, 1.807) is 31.4 Å². The second-order valence-corrected chi connectivity index (χ2v) is 9.96. The Morgan fingerprint density at radius 3 is 2.50 bits per heavy atom. The van der Waals surface area contributed by atoms with Crippen LogP contribution in [0.2, 0.25) is 0 Å². The molecule has 14 heteroatoms. The molecule has 3 aromatic carbocycles. The lowest BCUT2D eigenvalue weighted by atomic mass is 10.1. The van der Waals surface area contributed by atoms with Gasteiger partial charge in [-0.2, -0.15) is 10.1 Å². The zero-order valence-corrected chi connectivity index (χ0v) is 23.2. The van der Waals surface area contributed by atoms with Crippen LogP contribution in [0.5, 0.6) is 11.5 Å². The number of nitrogens with zero attached hydrogens (tertiary/aromatic N) is 6. The number of thioether (sulfide) groups is 1. The summed E-state index contributed by atoms with van der Waals surface area (Å²) in [6.07, 6.45) is -1.81. The first-order valence-corrected chi connectivity index (χ1v) is 13.5. The highest BCUT2D eigenvalue weighted by Gasteiger charge is 2.31. The van der Waals surface area contributed by atoms with Crippen LogP contribution in [0, 0.1) is 6.92 Å². The largest absolute Gasteiger partial charge is 0.573 e. The van der Waals surface area contributed by atoms with Gasteiger partial charge in [0, 0.05) is 23.5 Å². The molecule has 4 aromatic rings. The second kappa shape index (κ2) is 12.3.